The fourth-order valence-electron chi connectivity index (χ4n) is 1.99. The quantitative estimate of drug-likeness (QED) is 0.576. The number of nitrogens with zero attached hydrogens (tertiary/aromatic N) is 4. The number of hydrogen-bond donors (Lipinski definition) is 0. The zero-order valence-electron chi connectivity index (χ0n) is 11.7. The molecule has 0 radical (unpaired) electrons. The summed E-state index contributed by atoms with van der Waals surface area (Å²) in [5.74, 6) is 0. The lowest BCUT2D eigenvalue weighted by molar-refractivity contribution is 0.0286. The highest BCUT2D eigenvalue weighted by molar-refractivity contribution is 7.07. The van der Waals surface area contributed by atoms with Crippen molar-refractivity contribution in [2.45, 2.75) is 19.3 Å². The first kappa shape index (κ1) is 16.7. The second kappa shape index (κ2) is 7.59. The summed E-state index contributed by atoms with van der Waals surface area (Å²) in [5, 5.41) is 1.13. The predicted molar refractivity (Wildman–Crippen MR) is 91.1 cm³/mol. The normalized spacial score (nSPS) is 12.5. The third-order valence-electron chi connectivity index (χ3n) is 3.06. The van der Waals surface area contributed by atoms with E-state index in [9.17, 15) is 0 Å². The summed E-state index contributed by atoms with van der Waals surface area (Å²) in [6.45, 7) is 0.838. The molecule has 0 aliphatic rings. The van der Waals surface area contributed by atoms with Crippen LogP contribution in [-0.2, 0) is 17.9 Å². The summed E-state index contributed by atoms with van der Waals surface area (Å²) >= 11 is 19.3. The molecule has 0 saturated heterocycles. The largest absolute Gasteiger partial charge is 0.364 e. The van der Waals surface area contributed by atoms with Crippen LogP contribution in [0.2, 0.25) is 15.3 Å². The Hall–Kier alpha value is -1.18. The fourth-order valence-corrected chi connectivity index (χ4v) is 3.45. The highest BCUT2D eigenvalue weighted by Crippen LogP contribution is 2.36. The number of rotatable bonds is 6. The maximum Gasteiger partial charge on any atom is 0.161 e. The van der Waals surface area contributed by atoms with Crippen LogP contribution in [0.4, 0.5) is 0 Å². The summed E-state index contributed by atoms with van der Waals surface area (Å²) in [5.41, 5.74) is 0.736. The van der Waals surface area contributed by atoms with Crippen LogP contribution in [0.3, 0.4) is 0 Å². The van der Waals surface area contributed by atoms with E-state index >= 15 is 0 Å². The lowest BCUT2D eigenvalue weighted by Crippen LogP contribution is -2.11. The molecule has 23 heavy (non-hydrogen) atoms. The first-order valence-electron chi connectivity index (χ1n) is 6.63. The fraction of sp³-hybridized carbons (Fsp3) is 0.214. The smallest absolute Gasteiger partial charge is 0.161 e. The van der Waals surface area contributed by atoms with E-state index in [-0.39, 0.29) is 11.3 Å². The topological polar surface area (TPSA) is 52.8 Å². The molecule has 0 saturated carbocycles. The maximum atomic E-state index is 6.23. The molecular formula is C14H11Cl3N4OS. The number of ether oxygens (including phenoxy) is 1. The maximum absolute atomic E-state index is 6.23. The van der Waals surface area contributed by atoms with Crippen LogP contribution in [-0.4, -0.2) is 18.9 Å². The molecule has 5 nitrogen and oxygen atoms in total. The Morgan fingerprint density at radius 2 is 2.13 bits per heavy atom. The molecule has 1 unspecified atom stereocenters. The first-order chi connectivity index (χ1) is 11.1. The molecule has 1 atom stereocenters. The molecule has 0 fully saturated rings. The lowest BCUT2D eigenvalue weighted by Gasteiger charge is -2.17. The predicted octanol–water partition coefficient (Wildman–Crippen LogP) is 4.65. The van der Waals surface area contributed by atoms with Gasteiger partial charge in [0.2, 0.25) is 0 Å². The Morgan fingerprint density at radius 1 is 1.26 bits per heavy atom. The first-order valence-corrected chi connectivity index (χ1v) is 8.53. The minimum atomic E-state index is -0.317. The van der Waals surface area contributed by atoms with Crippen molar-refractivity contribution in [2.75, 3.05) is 0 Å². The summed E-state index contributed by atoms with van der Waals surface area (Å²) in [6, 6.07) is 5.39. The summed E-state index contributed by atoms with van der Waals surface area (Å²) < 4.78 is 12.0. The van der Waals surface area contributed by atoms with Gasteiger partial charge in [-0.2, -0.15) is 4.37 Å². The molecule has 9 heteroatoms. The van der Waals surface area contributed by atoms with E-state index in [2.05, 4.69) is 14.3 Å². The average molecular weight is 390 g/mol. The molecule has 3 heterocycles. The minimum Gasteiger partial charge on any atom is -0.364 e. The monoisotopic (exact) mass is 388 g/mol. The highest BCUT2D eigenvalue weighted by Gasteiger charge is 2.22. The molecule has 120 valence electrons. The van der Waals surface area contributed by atoms with E-state index < -0.39 is 0 Å². The van der Waals surface area contributed by atoms with Gasteiger partial charge >= 0.3 is 0 Å². The lowest BCUT2D eigenvalue weighted by atomic mass is 10.3. The highest BCUT2D eigenvalue weighted by atomic mass is 35.5. The molecule has 3 aromatic heterocycles. The van der Waals surface area contributed by atoms with Crippen LogP contribution >= 0.6 is 46.3 Å². The van der Waals surface area contributed by atoms with Gasteiger partial charge in [-0.25, -0.2) is 9.97 Å². The van der Waals surface area contributed by atoms with Crippen molar-refractivity contribution in [2.24, 2.45) is 0 Å². The summed E-state index contributed by atoms with van der Waals surface area (Å²) in [6.07, 6.45) is 4.95. The second-order valence-electron chi connectivity index (χ2n) is 4.66. The zero-order chi connectivity index (χ0) is 16.2. The van der Waals surface area contributed by atoms with Crippen LogP contribution in [0.1, 0.15) is 16.7 Å². The third-order valence-corrected chi connectivity index (χ3v) is 5.17. The van der Waals surface area contributed by atoms with Gasteiger partial charge in [0.25, 0.3) is 0 Å². The van der Waals surface area contributed by atoms with Crippen molar-refractivity contribution in [3.05, 3.63) is 62.8 Å². The van der Waals surface area contributed by atoms with Crippen molar-refractivity contribution in [3.63, 3.8) is 0 Å². The van der Waals surface area contributed by atoms with Gasteiger partial charge in [0.15, 0.2) is 5.15 Å². The van der Waals surface area contributed by atoms with Crippen LogP contribution in [0.25, 0.3) is 0 Å². The Kier molecular flexibility index (Phi) is 5.50. The van der Waals surface area contributed by atoms with E-state index in [1.807, 2.05) is 22.9 Å². The molecule has 0 N–H and O–H groups in total. The van der Waals surface area contributed by atoms with Crippen molar-refractivity contribution >= 4 is 46.3 Å². The zero-order valence-corrected chi connectivity index (χ0v) is 14.8. The number of halogens is 3. The van der Waals surface area contributed by atoms with Gasteiger partial charge in [-0.05, 0) is 23.7 Å². The van der Waals surface area contributed by atoms with Crippen molar-refractivity contribution in [3.8, 4) is 0 Å². The molecule has 0 aliphatic heterocycles. The van der Waals surface area contributed by atoms with Gasteiger partial charge in [0, 0.05) is 12.4 Å². The minimum absolute atomic E-state index is 0.284. The summed E-state index contributed by atoms with van der Waals surface area (Å²) in [7, 11) is 0. The van der Waals surface area contributed by atoms with Gasteiger partial charge in [-0.1, -0.05) is 40.9 Å². The van der Waals surface area contributed by atoms with Crippen LogP contribution < -0.4 is 0 Å². The number of imidazole rings is 1. The molecule has 3 rings (SSSR count). The average Bonchev–Trinajstić information content (AvgIpc) is 3.15. The van der Waals surface area contributed by atoms with Gasteiger partial charge in [-0.15, -0.1) is 0 Å². The molecule has 0 aliphatic carbocycles. The van der Waals surface area contributed by atoms with Crippen molar-refractivity contribution < 1.29 is 4.74 Å². The summed E-state index contributed by atoms with van der Waals surface area (Å²) in [4.78, 5) is 9.02. The van der Waals surface area contributed by atoms with Crippen molar-refractivity contribution in [1.29, 1.82) is 0 Å². The molecular weight excluding hydrogens is 379 g/mol. The van der Waals surface area contributed by atoms with Gasteiger partial charge < -0.3 is 9.30 Å². The van der Waals surface area contributed by atoms with Crippen molar-refractivity contribution in [1.82, 2.24) is 18.9 Å². The van der Waals surface area contributed by atoms with Gasteiger partial charge in [0.05, 0.1) is 35.1 Å². The van der Waals surface area contributed by atoms with E-state index in [0.29, 0.717) is 23.3 Å². The van der Waals surface area contributed by atoms with Gasteiger partial charge in [-0.3, -0.25) is 0 Å². The molecule has 0 spiro atoms. The Balaban J connectivity index is 1.79. The Bertz CT molecular complexity index is 778. The molecule has 3 aromatic rings. The molecule has 0 bridgehead atoms. The molecule has 0 amide bonds. The second-order valence-corrected chi connectivity index (χ2v) is 6.59. The number of hydrogen-bond acceptors (Lipinski definition) is 5. The van der Waals surface area contributed by atoms with E-state index in [4.69, 9.17) is 39.5 Å². The van der Waals surface area contributed by atoms with Crippen LogP contribution in [0.5, 0.6) is 0 Å². The standard InChI is InChI=1S/C14H11Cl3N4OS/c15-11-3-1-2-9(19-11)7-22-10(6-21-5-4-18-8-21)13-12(16)14(17)20-23-13/h1-5,8,10H,6-7H2. The SMILES string of the molecule is Clc1cccc(COC(Cn2ccnc2)c2snc(Cl)c2Cl)n1. The van der Waals surface area contributed by atoms with E-state index in [0.717, 1.165) is 10.6 Å². The van der Waals surface area contributed by atoms with Crippen LogP contribution in [0, 0.1) is 0 Å². The van der Waals surface area contributed by atoms with E-state index in [1.54, 1.807) is 18.6 Å². The Morgan fingerprint density at radius 3 is 2.78 bits per heavy atom. The molecule has 0 aromatic carbocycles. The number of pyridine rings is 1. The Labute approximate surface area is 152 Å². The van der Waals surface area contributed by atoms with Crippen LogP contribution in [0.15, 0.2) is 36.9 Å². The third kappa shape index (κ3) is 4.22. The van der Waals surface area contributed by atoms with E-state index in [1.165, 1.54) is 11.5 Å². The number of aromatic nitrogens is 4. The van der Waals surface area contributed by atoms with Gasteiger partial charge in [0.1, 0.15) is 11.3 Å².